The van der Waals surface area contributed by atoms with Crippen LogP contribution in [0.4, 0.5) is 0 Å². The third-order valence-corrected chi connectivity index (χ3v) is 20.2. The molecular weight excluding hydrogens is 1140 g/mol. The third-order valence-electron chi connectivity index (χ3n) is 20.2. The van der Waals surface area contributed by atoms with E-state index in [2.05, 4.69) is 0 Å². The van der Waals surface area contributed by atoms with Gasteiger partial charge >= 0.3 is 23.9 Å². The topological polar surface area (TPSA) is 105 Å². The van der Waals surface area contributed by atoms with E-state index in [0.717, 1.165) is 77.0 Å². The summed E-state index contributed by atoms with van der Waals surface area (Å²) in [6, 6.07) is 0. The molecule has 1 saturated heterocycles. The van der Waals surface area contributed by atoms with E-state index in [4.69, 9.17) is 18.9 Å². The Hall–Kier alpha value is -2.12. The maximum atomic E-state index is 12.2. The van der Waals surface area contributed by atoms with Crippen LogP contribution in [0, 0.1) is 0 Å². The second-order valence-corrected chi connectivity index (χ2v) is 29.3. The molecule has 0 aromatic carbocycles. The van der Waals surface area contributed by atoms with Crippen molar-refractivity contribution in [2.75, 3.05) is 26.4 Å². The van der Waals surface area contributed by atoms with Gasteiger partial charge in [0.25, 0.3) is 0 Å². The summed E-state index contributed by atoms with van der Waals surface area (Å²) in [7, 11) is 0. The molecule has 1 rings (SSSR count). The molecule has 0 aliphatic carbocycles. The van der Waals surface area contributed by atoms with Gasteiger partial charge in [-0.3, -0.25) is 19.2 Å². The predicted molar refractivity (Wildman–Crippen MR) is 395 cm³/mol. The van der Waals surface area contributed by atoms with E-state index in [1.807, 2.05) is 0 Å². The second kappa shape index (κ2) is 77.9. The monoisotopic (exact) mass is 1300 g/mol. The highest BCUT2D eigenvalue weighted by molar-refractivity contribution is 5.70. The van der Waals surface area contributed by atoms with Gasteiger partial charge < -0.3 is 18.9 Å². The highest BCUT2D eigenvalue weighted by Gasteiger charge is 2.08. The van der Waals surface area contributed by atoms with Gasteiger partial charge in [-0.15, -0.1) is 0 Å². The van der Waals surface area contributed by atoms with E-state index in [9.17, 15) is 19.2 Å². The highest BCUT2D eigenvalue weighted by Crippen LogP contribution is 2.21. The van der Waals surface area contributed by atoms with Crippen molar-refractivity contribution >= 4 is 23.9 Å². The predicted octanol–water partition coefficient (Wildman–Crippen LogP) is 27.8. The molecule has 0 N–H and O–H groups in total. The number of hydrogen-bond acceptors (Lipinski definition) is 8. The van der Waals surface area contributed by atoms with Crippen molar-refractivity contribution < 1.29 is 38.1 Å². The van der Waals surface area contributed by atoms with E-state index in [1.54, 1.807) is 0 Å². The van der Waals surface area contributed by atoms with Crippen LogP contribution >= 0.6 is 0 Å². The van der Waals surface area contributed by atoms with Crippen molar-refractivity contribution in [2.45, 2.75) is 488 Å². The average molecular weight is 1300 g/mol. The zero-order valence-electron chi connectivity index (χ0n) is 61.8. The van der Waals surface area contributed by atoms with Gasteiger partial charge in [0.15, 0.2) is 0 Å². The number of rotatable bonds is 0. The summed E-state index contributed by atoms with van der Waals surface area (Å²) < 4.78 is 22.1. The number of esters is 4. The molecule has 1 heterocycles. The number of carbonyl (C=O) groups is 4. The first-order valence-electron chi connectivity index (χ1n) is 42.2. The van der Waals surface area contributed by atoms with Crippen LogP contribution in [0.5, 0.6) is 0 Å². The zero-order chi connectivity index (χ0) is 65.7. The molecule has 0 aromatic heterocycles. The van der Waals surface area contributed by atoms with E-state index in [1.165, 1.54) is 385 Å². The molecule has 8 nitrogen and oxygen atoms in total. The van der Waals surface area contributed by atoms with Crippen molar-refractivity contribution in [3.63, 3.8) is 0 Å². The quantitative estimate of drug-likeness (QED) is 0.174. The van der Waals surface area contributed by atoms with Crippen LogP contribution in [0.1, 0.15) is 488 Å². The van der Waals surface area contributed by atoms with Gasteiger partial charge in [0, 0.05) is 25.7 Å². The van der Waals surface area contributed by atoms with Gasteiger partial charge in [-0.2, -0.15) is 0 Å². The molecule has 0 amide bonds. The molecule has 8 heteroatoms. The molecule has 92 heavy (non-hydrogen) atoms. The molecule has 0 spiro atoms. The molecule has 0 aromatic rings. The lowest BCUT2D eigenvalue weighted by atomic mass is 10.0. The first-order chi connectivity index (χ1) is 45.6. The van der Waals surface area contributed by atoms with Gasteiger partial charge in [0.2, 0.25) is 0 Å². The molecule has 0 atom stereocenters. The minimum absolute atomic E-state index is 0.0105. The lowest BCUT2D eigenvalue weighted by molar-refractivity contribution is -0.144. The summed E-state index contributed by atoms with van der Waals surface area (Å²) >= 11 is 0. The van der Waals surface area contributed by atoms with E-state index in [-0.39, 0.29) is 23.9 Å². The Bertz CT molecular complexity index is 1270. The van der Waals surface area contributed by atoms with Gasteiger partial charge in [0.05, 0.1) is 26.4 Å². The maximum Gasteiger partial charge on any atom is 0.305 e. The van der Waals surface area contributed by atoms with Crippen LogP contribution in [0.15, 0.2) is 0 Å². The number of hydrogen-bond donors (Lipinski definition) is 0. The Morgan fingerprint density at radius 2 is 0.185 bits per heavy atom. The minimum atomic E-state index is 0.0105. The number of cyclic esters (lactones) is 4. The van der Waals surface area contributed by atoms with Crippen molar-refractivity contribution in [3.05, 3.63) is 0 Å². The standard InChI is InChI=1S/C84H160O8/c85-81-73-65-57-49-41-33-25-17-9-1-2-10-18-26-34-42-50-58-66-74-82(86)90-78-70-62-54-46-38-30-22-14-7-8-16-24-32-40-48-56-64-72-80-92-84(88)76-68-60-52-44-36-28-20-12-4-3-11-19-27-35-43-51-59-67-75-83(87)91-79-71-63-55-47-39-31-23-15-6-5-13-21-29-37-45-53-61-69-77-89-81/h1-80H2. The van der Waals surface area contributed by atoms with Crippen LogP contribution in [-0.4, -0.2) is 50.3 Å². The van der Waals surface area contributed by atoms with Gasteiger partial charge in [0.1, 0.15) is 0 Å². The fourth-order valence-corrected chi connectivity index (χ4v) is 13.8. The van der Waals surface area contributed by atoms with Crippen LogP contribution in [0.25, 0.3) is 0 Å². The van der Waals surface area contributed by atoms with Crippen LogP contribution < -0.4 is 0 Å². The first-order valence-corrected chi connectivity index (χ1v) is 42.2. The Labute approximate surface area is 573 Å². The van der Waals surface area contributed by atoms with E-state index in [0.29, 0.717) is 52.1 Å². The molecule has 0 bridgehead atoms. The molecule has 0 radical (unpaired) electrons. The zero-order valence-corrected chi connectivity index (χ0v) is 61.8. The Morgan fingerprint density at radius 1 is 0.109 bits per heavy atom. The Kier molecular flexibility index (Phi) is 74.4. The summed E-state index contributed by atoms with van der Waals surface area (Å²) in [5.74, 6) is 0.0418. The lowest BCUT2D eigenvalue weighted by Gasteiger charge is -2.06. The second-order valence-electron chi connectivity index (χ2n) is 29.3. The number of ether oxygens (including phenoxy) is 4. The lowest BCUT2D eigenvalue weighted by Crippen LogP contribution is -2.05. The summed E-state index contributed by atoms with van der Waals surface area (Å²) in [6.45, 7) is 2.42. The number of carbonyl (C=O) groups excluding carboxylic acids is 4. The van der Waals surface area contributed by atoms with E-state index < -0.39 is 0 Å². The minimum Gasteiger partial charge on any atom is -0.466 e. The van der Waals surface area contributed by atoms with Crippen LogP contribution in [-0.2, 0) is 38.1 Å². The molecule has 1 aliphatic heterocycles. The van der Waals surface area contributed by atoms with Crippen molar-refractivity contribution in [1.29, 1.82) is 0 Å². The Balaban J connectivity index is 2.09. The molecule has 0 unspecified atom stereocenters. The summed E-state index contributed by atoms with van der Waals surface area (Å²) in [6.07, 6.45) is 95.2. The van der Waals surface area contributed by atoms with E-state index >= 15 is 0 Å². The highest BCUT2D eigenvalue weighted by atomic mass is 16.5. The first kappa shape index (κ1) is 87.9. The van der Waals surface area contributed by atoms with Crippen molar-refractivity contribution in [3.8, 4) is 0 Å². The summed E-state index contributed by atoms with van der Waals surface area (Å²) in [5, 5.41) is 0. The van der Waals surface area contributed by atoms with Gasteiger partial charge in [-0.05, 0) is 51.4 Å². The summed E-state index contributed by atoms with van der Waals surface area (Å²) in [4.78, 5) is 48.8. The molecular formula is C84H160O8. The SMILES string of the molecule is O=C1CCCCCCCCCCCCCCCCCCCCC(=O)OCCCCCCCCCCCCCCCCCCCCOC(=O)CCCCCCCCCCCCCCCCCCCCC(=O)OCCCCCCCCCCCCCCCCCCCCO1. The van der Waals surface area contributed by atoms with Crippen LogP contribution in [0.2, 0.25) is 0 Å². The maximum absolute atomic E-state index is 12.2. The largest absolute Gasteiger partial charge is 0.466 e. The molecule has 0 saturated carbocycles. The smallest absolute Gasteiger partial charge is 0.305 e. The van der Waals surface area contributed by atoms with Crippen LogP contribution in [0.3, 0.4) is 0 Å². The molecule has 1 aliphatic rings. The third kappa shape index (κ3) is 75.3. The molecule has 1 fully saturated rings. The summed E-state index contributed by atoms with van der Waals surface area (Å²) in [5.41, 5.74) is 0. The van der Waals surface area contributed by atoms with Gasteiger partial charge in [-0.1, -0.05) is 411 Å². The fourth-order valence-electron chi connectivity index (χ4n) is 13.8. The average Bonchev–Trinajstić information content (AvgIpc) is 3.56. The molecule has 544 valence electrons. The normalized spacial score (nSPS) is 23.2. The Morgan fingerprint density at radius 3 is 0.283 bits per heavy atom. The van der Waals surface area contributed by atoms with Gasteiger partial charge in [-0.25, -0.2) is 0 Å². The van der Waals surface area contributed by atoms with Crippen molar-refractivity contribution in [1.82, 2.24) is 0 Å². The fraction of sp³-hybridized carbons (Fsp3) is 0.952. The van der Waals surface area contributed by atoms with Crippen molar-refractivity contribution in [2.24, 2.45) is 0 Å².